The average Bonchev–Trinajstić information content (AvgIpc) is 2.34. The molecule has 0 heterocycles. The molecule has 0 aromatic heterocycles. The molecule has 0 saturated heterocycles. The van der Waals surface area contributed by atoms with E-state index >= 15 is 0 Å². The number of benzene rings is 1. The third kappa shape index (κ3) is 4.74. The van der Waals surface area contributed by atoms with Crippen LogP contribution in [0.4, 0.5) is 5.69 Å². The van der Waals surface area contributed by atoms with Gasteiger partial charge in [-0.1, -0.05) is 12.1 Å². The van der Waals surface area contributed by atoms with E-state index in [-0.39, 0.29) is 24.9 Å². The zero-order valence-corrected chi connectivity index (χ0v) is 9.98. The molecule has 2 N–H and O–H groups in total. The molecular weight excluding hydrogens is 254 g/mol. The SMILES string of the molecule is O=C(O)CCC(Cc1cccc([N+](=O)[O-])c1)C(=O)O. The van der Waals surface area contributed by atoms with E-state index in [0.717, 1.165) is 0 Å². The van der Waals surface area contributed by atoms with Crippen molar-refractivity contribution in [1.29, 1.82) is 0 Å². The zero-order valence-electron chi connectivity index (χ0n) is 9.98. The van der Waals surface area contributed by atoms with E-state index in [1.807, 2.05) is 0 Å². The molecule has 1 rings (SSSR count). The van der Waals surface area contributed by atoms with Gasteiger partial charge in [0.2, 0.25) is 0 Å². The summed E-state index contributed by atoms with van der Waals surface area (Å²) in [5.41, 5.74) is 0.395. The van der Waals surface area contributed by atoms with E-state index in [0.29, 0.717) is 5.56 Å². The third-order valence-corrected chi connectivity index (χ3v) is 2.66. The van der Waals surface area contributed by atoms with E-state index < -0.39 is 22.8 Å². The molecule has 102 valence electrons. The van der Waals surface area contributed by atoms with Gasteiger partial charge in [0.25, 0.3) is 5.69 Å². The first kappa shape index (κ1) is 14.6. The molecule has 0 saturated carbocycles. The molecule has 1 aromatic carbocycles. The molecule has 0 bridgehead atoms. The fourth-order valence-electron chi connectivity index (χ4n) is 1.69. The minimum absolute atomic E-state index is 0.00659. The largest absolute Gasteiger partial charge is 0.481 e. The van der Waals surface area contributed by atoms with Crippen LogP contribution in [0.15, 0.2) is 24.3 Å². The summed E-state index contributed by atoms with van der Waals surface area (Å²) in [7, 11) is 0. The topological polar surface area (TPSA) is 118 Å². The molecule has 1 unspecified atom stereocenters. The predicted molar refractivity (Wildman–Crippen MR) is 64.8 cm³/mol. The maximum atomic E-state index is 11.0. The Balaban J connectivity index is 2.78. The normalized spacial score (nSPS) is 11.8. The Morgan fingerprint density at radius 1 is 1.32 bits per heavy atom. The van der Waals surface area contributed by atoms with E-state index in [1.54, 1.807) is 6.07 Å². The molecule has 0 fully saturated rings. The number of nitro groups is 1. The van der Waals surface area contributed by atoms with Crippen molar-refractivity contribution in [3.8, 4) is 0 Å². The molecule has 0 aliphatic rings. The van der Waals surface area contributed by atoms with Crippen molar-refractivity contribution >= 4 is 17.6 Å². The number of non-ortho nitro benzene ring substituents is 1. The van der Waals surface area contributed by atoms with Crippen LogP contribution in [0.1, 0.15) is 18.4 Å². The number of nitro benzene ring substituents is 1. The van der Waals surface area contributed by atoms with Crippen molar-refractivity contribution in [3.05, 3.63) is 39.9 Å². The smallest absolute Gasteiger partial charge is 0.306 e. The summed E-state index contributed by atoms with van der Waals surface area (Å²) in [5, 5.41) is 28.1. The predicted octanol–water partition coefficient (Wildman–Crippen LogP) is 1.70. The number of carboxylic acid groups (broad SMARTS) is 2. The molecule has 19 heavy (non-hydrogen) atoms. The summed E-state index contributed by atoms with van der Waals surface area (Å²) < 4.78 is 0. The summed E-state index contributed by atoms with van der Waals surface area (Å²) in [6.07, 6.45) is -0.177. The van der Waals surface area contributed by atoms with Crippen molar-refractivity contribution in [2.75, 3.05) is 0 Å². The lowest BCUT2D eigenvalue weighted by molar-refractivity contribution is -0.384. The van der Waals surface area contributed by atoms with Gasteiger partial charge in [-0.15, -0.1) is 0 Å². The van der Waals surface area contributed by atoms with Crippen LogP contribution in [-0.2, 0) is 16.0 Å². The van der Waals surface area contributed by atoms with E-state index in [2.05, 4.69) is 0 Å². The summed E-state index contributed by atoms with van der Waals surface area (Å²) in [4.78, 5) is 31.5. The monoisotopic (exact) mass is 267 g/mol. The highest BCUT2D eigenvalue weighted by atomic mass is 16.6. The van der Waals surface area contributed by atoms with Gasteiger partial charge in [-0.05, 0) is 18.4 Å². The minimum Gasteiger partial charge on any atom is -0.481 e. The minimum atomic E-state index is -1.10. The van der Waals surface area contributed by atoms with Crippen molar-refractivity contribution in [1.82, 2.24) is 0 Å². The van der Waals surface area contributed by atoms with E-state index in [1.165, 1.54) is 18.2 Å². The molecule has 7 nitrogen and oxygen atoms in total. The number of hydrogen-bond acceptors (Lipinski definition) is 4. The zero-order chi connectivity index (χ0) is 14.4. The van der Waals surface area contributed by atoms with Crippen LogP contribution in [0.5, 0.6) is 0 Å². The molecule has 0 spiro atoms. The highest BCUT2D eigenvalue weighted by Crippen LogP contribution is 2.19. The second-order valence-corrected chi connectivity index (χ2v) is 4.10. The van der Waals surface area contributed by atoms with Crippen LogP contribution in [0, 0.1) is 16.0 Å². The van der Waals surface area contributed by atoms with Gasteiger partial charge in [0.15, 0.2) is 0 Å². The Morgan fingerprint density at radius 2 is 2.00 bits per heavy atom. The molecule has 0 radical (unpaired) electrons. The van der Waals surface area contributed by atoms with Gasteiger partial charge in [-0.3, -0.25) is 19.7 Å². The Labute approximate surface area is 108 Å². The molecule has 0 aliphatic heterocycles. The number of carboxylic acids is 2. The van der Waals surface area contributed by atoms with Gasteiger partial charge in [0.1, 0.15) is 0 Å². The van der Waals surface area contributed by atoms with E-state index in [9.17, 15) is 19.7 Å². The number of rotatable bonds is 7. The van der Waals surface area contributed by atoms with Crippen molar-refractivity contribution < 1.29 is 24.7 Å². The Kier molecular flexibility index (Phi) is 4.99. The highest BCUT2D eigenvalue weighted by molar-refractivity contribution is 5.72. The van der Waals surface area contributed by atoms with Crippen LogP contribution < -0.4 is 0 Å². The maximum absolute atomic E-state index is 11.0. The summed E-state index contributed by atoms with van der Waals surface area (Å²) >= 11 is 0. The summed E-state index contributed by atoms with van der Waals surface area (Å²) in [6, 6.07) is 5.68. The molecule has 1 aromatic rings. The number of hydrogen-bond donors (Lipinski definition) is 2. The van der Waals surface area contributed by atoms with Crippen molar-refractivity contribution in [2.45, 2.75) is 19.3 Å². The van der Waals surface area contributed by atoms with Gasteiger partial charge in [0.05, 0.1) is 10.8 Å². The van der Waals surface area contributed by atoms with Crippen LogP contribution >= 0.6 is 0 Å². The third-order valence-electron chi connectivity index (χ3n) is 2.66. The number of aliphatic carboxylic acids is 2. The maximum Gasteiger partial charge on any atom is 0.306 e. The van der Waals surface area contributed by atoms with Crippen LogP contribution in [-0.4, -0.2) is 27.1 Å². The lowest BCUT2D eigenvalue weighted by Crippen LogP contribution is -2.18. The van der Waals surface area contributed by atoms with Crippen molar-refractivity contribution in [2.24, 2.45) is 5.92 Å². The van der Waals surface area contributed by atoms with Gasteiger partial charge in [-0.25, -0.2) is 0 Å². The van der Waals surface area contributed by atoms with Crippen LogP contribution in [0.2, 0.25) is 0 Å². The average molecular weight is 267 g/mol. The fourth-order valence-corrected chi connectivity index (χ4v) is 1.69. The van der Waals surface area contributed by atoms with Gasteiger partial charge >= 0.3 is 11.9 Å². The number of carbonyl (C=O) groups is 2. The summed E-state index contributed by atoms with van der Waals surface area (Å²) in [6.45, 7) is 0. The lowest BCUT2D eigenvalue weighted by atomic mass is 9.94. The van der Waals surface area contributed by atoms with Gasteiger partial charge in [-0.2, -0.15) is 0 Å². The quantitative estimate of drug-likeness (QED) is 0.573. The highest BCUT2D eigenvalue weighted by Gasteiger charge is 2.20. The first-order chi connectivity index (χ1) is 8.90. The molecule has 7 heteroatoms. The number of nitrogens with zero attached hydrogens (tertiary/aromatic N) is 1. The second-order valence-electron chi connectivity index (χ2n) is 4.10. The standard InChI is InChI=1S/C12H13NO6/c14-11(15)5-4-9(12(16)17)6-8-2-1-3-10(7-8)13(18)19/h1-3,7,9H,4-6H2,(H,14,15)(H,16,17). The van der Waals surface area contributed by atoms with Crippen molar-refractivity contribution in [3.63, 3.8) is 0 Å². The first-order valence-electron chi connectivity index (χ1n) is 5.58. The summed E-state index contributed by atoms with van der Waals surface area (Å²) in [5.74, 6) is -3.03. The molecular formula is C12H13NO6. The van der Waals surface area contributed by atoms with Gasteiger partial charge in [0, 0.05) is 18.6 Å². The second kappa shape index (κ2) is 6.48. The van der Waals surface area contributed by atoms with Crippen LogP contribution in [0.25, 0.3) is 0 Å². The Hall–Kier alpha value is -2.44. The van der Waals surface area contributed by atoms with E-state index in [4.69, 9.17) is 10.2 Å². The van der Waals surface area contributed by atoms with Crippen LogP contribution in [0.3, 0.4) is 0 Å². The Morgan fingerprint density at radius 3 is 2.53 bits per heavy atom. The molecule has 0 amide bonds. The first-order valence-corrected chi connectivity index (χ1v) is 5.58. The lowest BCUT2D eigenvalue weighted by Gasteiger charge is -2.10. The molecule has 1 atom stereocenters. The van der Waals surface area contributed by atoms with Gasteiger partial charge < -0.3 is 10.2 Å². The fraction of sp³-hybridized carbons (Fsp3) is 0.333. The molecule has 0 aliphatic carbocycles. The Bertz CT molecular complexity index is 499.